The molecule has 5 heavy (non-hydrogen) atoms. The third-order valence-corrected chi connectivity index (χ3v) is 0. The van der Waals surface area contributed by atoms with Crippen molar-refractivity contribution in [1.29, 1.82) is 0 Å². The maximum Gasteiger partial charge on any atom is 0.300 e. The van der Waals surface area contributed by atoms with Gasteiger partial charge in [0.2, 0.25) is 0 Å². The van der Waals surface area contributed by atoms with E-state index in [4.69, 9.17) is 9.90 Å². The molecule has 3 nitrogen and oxygen atoms in total. The molecule has 0 radical (unpaired) electrons. The van der Waals surface area contributed by atoms with Crippen LogP contribution < -0.4 is 6.15 Å². The smallest absolute Gasteiger partial charge is 0.300 e. The minimum atomic E-state index is -0.833. The van der Waals surface area contributed by atoms with Crippen LogP contribution in [0.2, 0.25) is 0 Å². The van der Waals surface area contributed by atoms with Crippen molar-refractivity contribution in [2.45, 2.75) is 6.92 Å². The van der Waals surface area contributed by atoms with Crippen molar-refractivity contribution in [3.05, 3.63) is 0 Å². The second-order valence-electron chi connectivity index (χ2n) is 0.519. The van der Waals surface area contributed by atoms with E-state index in [0.29, 0.717) is 0 Å². The summed E-state index contributed by atoms with van der Waals surface area (Å²) in [5, 5.41) is 7.42. The normalized spacial score (nSPS) is 5.00. The Labute approximate surface area is 30.2 Å². The second-order valence-corrected chi connectivity index (χ2v) is 0.519. The predicted octanol–water partition coefficient (Wildman–Crippen LogP) is 0.253. The average molecular weight is 78.1 g/mol. The molecule has 0 atom stereocenters. The molecule has 0 heterocycles. The fourth-order valence-electron chi connectivity index (χ4n) is 0. The van der Waals surface area contributed by atoms with E-state index in [1.54, 1.807) is 0 Å². The highest BCUT2D eigenvalue weighted by Gasteiger charge is 1.65. The molecular formula is C2H7NO2. The van der Waals surface area contributed by atoms with Gasteiger partial charge in [0.1, 0.15) is 0 Å². The number of carboxylic acids is 1. The molecule has 0 unspecified atom stereocenters. The second kappa shape index (κ2) is 3.43. The largest absolute Gasteiger partial charge is 0.481 e. The zero-order chi connectivity index (χ0) is 3.58. The molecule has 3 heteroatoms. The van der Waals surface area contributed by atoms with Gasteiger partial charge in [-0.15, -0.1) is 0 Å². The van der Waals surface area contributed by atoms with Crippen LogP contribution in [0.5, 0.6) is 0 Å². The summed E-state index contributed by atoms with van der Waals surface area (Å²) in [5.41, 5.74) is 0. The summed E-state index contributed by atoms with van der Waals surface area (Å²) in [6.45, 7) is 1.08. The molecule has 0 saturated heterocycles. The maximum absolute atomic E-state index is 9.00. The summed E-state index contributed by atoms with van der Waals surface area (Å²) in [6.07, 6.45) is 0. The Morgan fingerprint density at radius 3 is 1.80 bits per heavy atom. The van der Waals surface area contributed by atoms with Crippen molar-refractivity contribution in [2.75, 3.05) is 0 Å². The van der Waals surface area contributed by atoms with Gasteiger partial charge in [-0.25, -0.2) is 0 Å². The lowest BCUT2D eigenvalue weighted by Gasteiger charge is -1.59. The molecule has 0 aromatic heterocycles. The van der Waals surface area contributed by atoms with Gasteiger partial charge in [-0.3, -0.25) is 4.79 Å². The Morgan fingerprint density at radius 2 is 1.80 bits per heavy atom. The SMILES string of the molecule is CC(=O)O.[15NH3]. The molecule has 0 aliphatic rings. The summed E-state index contributed by atoms with van der Waals surface area (Å²) < 4.78 is 0. The van der Waals surface area contributed by atoms with Gasteiger partial charge in [-0.1, -0.05) is 0 Å². The monoisotopic (exact) mass is 78.0 g/mol. The Hall–Kier alpha value is -0.570. The van der Waals surface area contributed by atoms with Crippen LogP contribution >= 0.6 is 0 Å². The average Bonchev–Trinajstić information content (AvgIpc) is 0.811. The van der Waals surface area contributed by atoms with Crippen LogP contribution in [0.1, 0.15) is 6.92 Å². The first-order valence-corrected chi connectivity index (χ1v) is 0.928. The number of carbonyl (C=O) groups is 1. The molecule has 0 saturated carbocycles. The Bertz CT molecular complexity index is 30.6. The van der Waals surface area contributed by atoms with Crippen LogP contribution in [-0.2, 0) is 4.79 Å². The maximum atomic E-state index is 9.00. The number of hydrogen-bond donors (Lipinski definition) is 2. The van der Waals surface area contributed by atoms with Crippen LogP contribution in [0.3, 0.4) is 0 Å². The van der Waals surface area contributed by atoms with E-state index in [1.807, 2.05) is 0 Å². The molecule has 0 fully saturated rings. The van der Waals surface area contributed by atoms with E-state index < -0.39 is 5.97 Å². The van der Waals surface area contributed by atoms with Crippen molar-refractivity contribution >= 4 is 5.97 Å². The zero-order valence-corrected chi connectivity index (χ0v) is 3.06. The van der Waals surface area contributed by atoms with Gasteiger partial charge < -0.3 is 11.3 Å². The summed E-state index contributed by atoms with van der Waals surface area (Å²) in [5.74, 6) is -0.833. The first kappa shape index (κ1) is 8.83. The highest BCUT2D eigenvalue weighted by atomic mass is 16.4. The zero-order valence-electron chi connectivity index (χ0n) is 3.06. The lowest BCUT2D eigenvalue weighted by atomic mass is 10.9. The van der Waals surface area contributed by atoms with Crippen molar-refractivity contribution in [3.63, 3.8) is 0 Å². The number of aliphatic carboxylic acids is 1. The highest BCUT2D eigenvalue weighted by molar-refractivity contribution is 5.62. The van der Waals surface area contributed by atoms with Gasteiger partial charge in [-0.05, 0) is 0 Å². The topological polar surface area (TPSA) is 72.3 Å². The van der Waals surface area contributed by atoms with Crippen molar-refractivity contribution in [2.24, 2.45) is 0 Å². The van der Waals surface area contributed by atoms with Crippen molar-refractivity contribution < 1.29 is 9.90 Å². The van der Waals surface area contributed by atoms with Crippen molar-refractivity contribution in [1.82, 2.24) is 6.15 Å². The number of rotatable bonds is 0. The van der Waals surface area contributed by atoms with E-state index in [2.05, 4.69) is 0 Å². The van der Waals surface area contributed by atoms with Crippen LogP contribution in [0.4, 0.5) is 0 Å². The van der Waals surface area contributed by atoms with Crippen LogP contribution in [0.15, 0.2) is 0 Å². The van der Waals surface area contributed by atoms with Gasteiger partial charge in [-0.2, -0.15) is 0 Å². The standard InChI is InChI=1S/C2H4O2.H3N/c1-2(3)4;/h1H3,(H,3,4);1H3/i;1+1. The van der Waals surface area contributed by atoms with Gasteiger partial charge in [0.15, 0.2) is 0 Å². The molecule has 0 rings (SSSR count). The Balaban J connectivity index is 0. The lowest BCUT2D eigenvalue weighted by molar-refractivity contribution is -0.134. The van der Waals surface area contributed by atoms with Gasteiger partial charge >= 0.3 is 0 Å². The first-order valence-electron chi connectivity index (χ1n) is 0.928. The summed E-state index contributed by atoms with van der Waals surface area (Å²) >= 11 is 0. The third-order valence-electron chi connectivity index (χ3n) is 0. The molecule has 0 aliphatic heterocycles. The summed E-state index contributed by atoms with van der Waals surface area (Å²) in [6, 6.07) is 0. The highest BCUT2D eigenvalue weighted by Crippen LogP contribution is 1.42. The molecule has 32 valence electrons. The van der Waals surface area contributed by atoms with E-state index in [9.17, 15) is 0 Å². The Morgan fingerprint density at radius 1 is 1.80 bits per heavy atom. The predicted molar refractivity (Wildman–Crippen MR) is 18.3 cm³/mol. The van der Waals surface area contributed by atoms with E-state index in [0.717, 1.165) is 6.92 Å². The van der Waals surface area contributed by atoms with E-state index in [1.165, 1.54) is 0 Å². The number of carboxylic acid groups (broad SMARTS) is 1. The molecule has 0 aromatic rings. The molecule has 0 aromatic carbocycles. The molecule has 0 amide bonds. The minimum absolute atomic E-state index is 0. The summed E-state index contributed by atoms with van der Waals surface area (Å²) in [4.78, 5) is 9.00. The van der Waals surface area contributed by atoms with Crippen molar-refractivity contribution in [3.8, 4) is 0 Å². The molecule has 0 aliphatic carbocycles. The fraction of sp³-hybridized carbons (Fsp3) is 0.500. The molecule has 0 bridgehead atoms. The molecular weight excluding hydrogens is 71.0 g/mol. The third kappa shape index (κ3) is 21.6. The number of hydrogen-bond acceptors (Lipinski definition) is 2. The van der Waals surface area contributed by atoms with E-state index >= 15 is 0 Å². The minimum Gasteiger partial charge on any atom is -0.481 e. The molecule has 0 spiro atoms. The van der Waals surface area contributed by atoms with Gasteiger partial charge in [0, 0.05) is 6.92 Å². The van der Waals surface area contributed by atoms with Crippen LogP contribution in [-0.4, -0.2) is 11.1 Å². The lowest BCUT2D eigenvalue weighted by Crippen LogP contribution is -1.78. The summed E-state index contributed by atoms with van der Waals surface area (Å²) in [7, 11) is 0. The van der Waals surface area contributed by atoms with E-state index in [-0.39, 0.29) is 6.15 Å². The quantitative estimate of drug-likeness (QED) is 0.408. The van der Waals surface area contributed by atoms with Crippen LogP contribution in [0.25, 0.3) is 0 Å². The first-order chi connectivity index (χ1) is 1.73. The molecule has 4 N–H and O–H groups in total. The fourth-order valence-corrected chi connectivity index (χ4v) is 0. The van der Waals surface area contributed by atoms with Gasteiger partial charge in [0.05, 0.1) is 0 Å². The Kier molecular flexibility index (Phi) is 6.05. The van der Waals surface area contributed by atoms with Gasteiger partial charge in [0.25, 0.3) is 5.97 Å². The van der Waals surface area contributed by atoms with Crippen LogP contribution in [0, 0.1) is 0 Å².